The number of non-ortho nitro benzene ring substituents is 1. The van der Waals surface area contributed by atoms with Gasteiger partial charge in [-0.15, -0.1) is 0 Å². The number of rotatable bonds is 4. The van der Waals surface area contributed by atoms with Gasteiger partial charge >= 0.3 is 5.97 Å². The quantitative estimate of drug-likeness (QED) is 0.364. The van der Waals surface area contributed by atoms with Crippen LogP contribution < -0.4 is 9.47 Å². The summed E-state index contributed by atoms with van der Waals surface area (Å²) in [5.74, 6) is -0.488. The Balaban J connectivity index is 2.30. The summed E-state index contributed by atoms with van der Waals surface area (Å²) in [7, 11) is 1.37. The zero-order valence-corrected chi connectivity index (χ0v) is 9.86. The molecule has 98 valence electrons. The van der Waals surface area contributed by atoms with Crippen molar-refractivity contribution in [1.82, 2.24) is 0 Å². The average molecular weight is 263 g/mol. The Morgan fingerprint density at radius 1 is 1.32 bits per heavy atom. The summed E-state index contributed by atoms with van der Waals surface area (Å²) < 4.78 is 14.8. The van der Waals surface area contributed by atoms with Crippen molar-refractivity contribution in [2.45, 2.75) is 0 Å². The Hall–Kier alpha value is -2.83. The van der Waals surface area contributed by atoms with Gasteiger partial charge in [0, 0.05) is 6.07 Å². The van der Waals surface area contributed by atoms with E-state index in [0.717, 1.165) is 6.07 Å². The lowest BCUT2D eigenvalue weighted by Gasteiger charge is -2.07. The standard InChI is InChI=1S/C12H9NO6/c1-17-10-3-2-9(13(15)16)6-11(10)19-12(14)8-4-5-18-7-8/h2-7H,1H3. The molecule has 7 heteroatoms. The summed E-state index contributed by atoms with van der Waals surface area (Å²) in [6.07, 6.45) is 2.54. The third-order valence-corrected chi connectivity index (χ3v) is 2.32. The topological polar surface area (TPSA) is 91.8 Å². The van der Waals surface area contributed by atoms with Crippen molar-refractivity contribution in [3.05, 3.63) is 52.5 Å². The number of ether oxygens (including phenoxy) is 2. The van der Waals surface area contributed by atoms with E-state index < -0.39 is 10.9 Å². The predicted molar refractivity (Wildman–Crippen MR) is 63.3 cm³/mol. The normalized spacial score (nSPS) is 9.95. The molecular formula is C12H9NO6. The van der Waals surface area contributed by atoms with E-state index in [1.165, 1.54) is 37.8 Å². The molecule has 1 aromatic carbocycles. The van der Waals surface area contributed by atoms with Gasteiger partial charge in [-0.2, -0.15) is 0 Å². The highest BCUT2D eigenvalue weighted by molar-refractivity contribution is 5.91. The van der Waals surface area contributed by atoms with Crippen molar-refractivity contribution in [2.75, 3.05) is 7.11 Å². The summed E-state index contributed by atoms with van der Waals surface area (Å²) >= 11 is 0. The zero-order valence-electron chi connectivity index (χ0n) is 9.86. The fraction of sp³-hybridized carbons (Fsp3) is 0.0833. The minimum absolute atomic E-state index is 0.0251. The van der Waals surface area contributed by atoms with E-state index in [2.05, 4.69) is 0 Å². The van der Waals surface area contributed by atoms with Crippen LogP contribution in [0.25, 0.3) is 0 Å². The van der Waals surface area contributed by atoms with Gasteiger partial charge < -0.3 is 13.9 Å². The number of hydrogen-bond acceptors (Lipinski definition) is 6. The van der Waals surface area contributed by atoms with Crippen LogP contribution >= 0.6 is 0 Å². The molecule has 7 nitrogen and oxygen atoms in total. The predicted octanol–water partition coefficient (Wildman–Crippen LogP) is 2.42. The summed E-state index contributed by atoms with van der Waals surface area (Å²) in [5, 5.41) is 10.7. The van der Waals surface area contributed by atoms with Crippen molar-refractivity contribution in [2.24, 2.45) is 0 Å². The molecule has 0 spiro atoms. The number of hydrogen-bond donors (Lipinski definition) is 0. The van der Waals surface area contributed by atoms with Gasteiger partial charge in [-0.25, -0.2) is 4.79 Å². The van der Waals surface area contributed by atoms with E-state index in [1.807, 2.05) is 0 Å². The molecule has 0 saturated heterocycles. The highest BCUT2D eigenvalue weighted by Crippen LogP contribution is 2.31. The molecule has 1 aromatic heterocycles. The first kappa shape index (κ1) is 12.6. The smallest absolute Gasteiger partial charge is 0.346 e. The molecule has 19 heavy (non-hydrogen) atoms. The van der Waals surface area contributed by atoms with Gasteiger partial charge in [0.25, 0.3) is 5.69 Å². The molecule has 0 fully saturated rings. The maximum atomic E-state index is 11.7. The van der Waals surface area contributed by atoms with E-state index in [0.29, 0.717) is 0 Å². The van der Waals surface area contributed by atoms with Crippen LogP contribution in [0.4, 0.5) is 5.69 Å². The Kier molecular flexibility index (Phi) is 3.46. The molecule has 0 aliphatic heterocycles. The molecule has 2 aromatic rings. The minimum atomic E-state index is -0.687. The lowest BCUT2D eigenvalue weighted by molar-refractivity contribution is -0.384. The highest BCUT2D eigenvalue weighted by atomic mass is 16.6. The molecular weight excluding hydrogens is 254 g/mol. The maximum Gasteiger partial charge on any atom is 0.346 e. The van der Waals surface area contributed by atoms with Crippen molar-refractivity contribution in [3.8, 4) is 11.5 Å². The first-order valence-electron chi connectivity index (χ1n) is 5.18. The summed E-state index contributed by atoms with van der Waals surface area (Å²) in [6, 6.07) is 5.16. The van der Waals surface area contributed by atoms with Crippen LogP contribution in [-0.4, -0.2) is 18.0 Å². The van der Waals surface area contributed by atoms with Crippen molar-refractivity contribution >= 4 is 11.7 Å². The molecule has 0 atom stereocenters. The average Bonchev–Trinajstić information content (AvgIpc) is 2.92. The number of nitro benzene ring substituents is 1. The molecule has 0 unspecified atom stereocenters. The van der Waals surface area contributed by atoms with Gasteiger partial charge in [-0.3, -0.25) is 10.1 Å². The second kappa shape index (κ2) is 5.21. The zero-order chi connectivity index (χ0) is 13.8. The third-order valence-electron chi connectivity index (χ3n) is 2.32. The van der Waals surface area contributed by atoms with E-state index in [-0.39, 0.29) is 22.7 Å². The number of esters is 1. The SMILES string of the molecule is COc1ccc([N+](=O)[O-])cc1OC(=O)c1ccoc1. The van der Waals surface area contributed by atoms with E-state index in [1.54, 1.807) is 0 Å². The van der Waals surface area contributed by atoms with Crippen molar-refractivity contribution in [1.29, 1.82) is 0 Å². The van der Waals surface area contributed by atoms with Gasteiger partial charge in [-0.05, 0) is 12.1 Å². The molecule has 0 radical (unpaired) electrons. The van der Waals surface area contributed by atoms with Gasteiger partial charge in [0.2, 0.25) is 0 Å². The fourth-order valence-electron chi connectivity index (χ4n) is 1.40. The molecule has 0 amide bonds. The monoisotopic (exact) mass is 263 g/mol. The molecule has 2 rings (SSSR count). The first-order chi connectivity index (χ1) is 9.11. The molecule has 0 bridgehead atoms. The Bertz CT molecular complexity index is 605. The van der Waals surface area contributed by atoms with Crippen LogP contribution in [0.15, 0.2) is 41.2 Å². The minimum Gasteiger partial charge on any atom is -0.493 e. The first-order valence-corrected chi connectivity index (χ1v) is 5.18. The molecule has 0 aliphatic rings. The maximum absolute atomic E-state index is 11.7. The summed E-state index contributed by atoms with van der Waals surface area (Å²) in [4.78, 5) is 21.8. The second-order valence-electron chi connectivity index (χ2n) is 3.49. The van der Waals surface area contributed by atoms with Crippen LogP contribution in [0.1, 0.15) is 10.4 Å². The number of furan rings is 1. The number of methoxy groups -OCH3 is 1. The van der Waals surface area contributed by atoms with Crippen LogP contribution in [-0.2, 0) is 0 Å². The van der Waals surface area contributed by atoms with Gasteiger partial charge in [0.15, 0.2) is 11.5 Å². The number of nitro groups is 1. The molecule has 1 heterocycles. The van der Waals surface area contributed by atoms with Gasteiger partial charge in [0.1, 0.15) is 6.26 Å². The molecule has 0 N–H and O–H groups in total. The van der Waals surface area contributed by atoms with Crippen molar-refractivity contribution in [3.63, 3.8) is 0 Å². The number of carbonyl (C=O) groups is 1. The largest absolute Gasteiger partial charge is 0.493 e. The number of carbonyl (C=O) groups excluding carboxylic acids is 1. The van der Waals surface area contributed by atoms with Crippen LogP contribution in [0, 0.1) is 10.1 Å². The van der Waals surface area contributed by atoms with E-state index >= 15 is 0 Å². The van der Waals surface area contributed by atoms with Crippen LogP contribution in [0.5, 0.6) is 11.5 Å². The van der Waals surface area contributed by atoms with Gasteiger partial charge in [0.05, 0.1) is 29.9 Å². The molecule has 0 aliphatic carbocycles. The molecule has 0 saturated carbocycles. The van der Waals surface area contributed by atoms with Crippen LogP contribution in [0.3, 0.4) is 0 Å². The van der Waals surface area contributed by atoms with E-state index in [4.69, 9.17) is 13.9 Å². The Morgan fingerprint density at radius 2 is 2.11 bits per heavy atom. The lowest BCUT2D eigenvalue weighted by Crippen LogP contribution is -2.08. The Labute approximate surface area is 107 Å². The summed E-state index contributed by atoms with van der Waals surface area (Å²) in [6.45, 7) is 0. The lowest BCUT2D eigenvalue weighted by atomic mass is 10.2. The number of benzene rings is 1. The van der Waals surface area contributed by atoms with Gasteiger partial charge in [-0.1, -0.05) is 0 Å². The van der Waals surface area contributed by atoms with Crippen LogP contribution in [0.2, 0.25) is 0 Å². The third kappa shape index (κ3) is 2.71. The number of nitrogens with zero attached hydrogens (tertiary/aromatic N) is 1. The second-order valence-corrected chi connectivity index (χ2v) is 3.49. The van der Waals surface area contributed by atoms with Crippen molar-refractivity contribution < 1.29 is 23.6 Å². The summed E-state index contributed by atoms with van der Waals surface area (Å²) in [5.41, 5.74) is 0.00403. The van der Waals surface area contributed by atoms with E-state index in [9.17, 15) is 14.9 Å². The Morgan fingerprint density at radius 3 is 2.68 bits per heavy atom. The highest BCUT2D eigenvalue weighted by Gasteiger charge is 2.17. The fourth-order valence-corrected chi connectivity index (χ4v) is 1.40.